The third-order valence-electron chi connectivity index (χ3n) is 6.79. The van der Waals surface area contributed by atoms with E-state index in [-0.39, 0.29) is 5.82 Å². The number of piperazine rings is 1. The van der Waals surface area contributed by atoms with Crippen molar-refractivity contribution in [1.82, 2.24) is 19.8 Å². The second-order valence-corrected chi connectivity index (χ2v) is 12.1. The van der Waals surface area contributed by atoms with E-state index in [9.17, 15) is 12.8 Å². The highest BCUT2D eigenvalue weighted by Crippen LogP contribution is 2.38. The molecule has 0 radical (unpaired) electrons. The quantitative estimate of drug-likeness (QED) is 0.277. The Hall–Kier alpha value is -2.09. The lowest BCUT2D eigenvalue weighted by atomic mass is 9.89. The Bertz CT molecular complexity index is 1360. The van der Waals surface area contributed by atoms with E-state index >= 15 is 0 Å². The van der Waals surface area contributed by atoms with Gasteiger partial charge in [-0.25, -0.2) is 22.8 Å². The number of benzene rings is 2. The Labute approximate surface area is 225 Å². The largest absolute Gasteiger partial charge is 0.340 e. The predicted octanol–water partition coefficient (Wildman–Crippen LogP) is 4.69. The van der Waals surface area contributed by atoms with Gasteiger partial charge in [0, 0.05) is 47.2 Å². The van der Waals surface area contributed by atoms with Crippen molar-refractivity contribution < 1.29 is 12.8 Å². The molecule has 1 saturated heterocycles. The van der Waals surface area contributed by atoms with Crippen molar-refractivity contribution in [2.24, 2.45) is 0 Å². The Balaban J connectivity index is 1.78. The van der Waals surface area contributed by atoms with Crippen LogP contribution in [0.5, 0.6) is 0 Å². The fourth-order valence-electron chi connectivity index (χ4n) is 4.68. The summed E-state index contributed by atoms with van der Waals surface area (Å²) in [6.07, 6.45) is 2.63. The smallest absolute Gasteiger partial charge is 0.229 e. The van der Waals surface area contributed by atoms with Crippen molar-refractivity contribution in [2.45, 2.75) is 30.7 Å². The number of fused-ring (bicyclic) bond motifs is 1. The Kier molecular flexibility index (Phi) is 8.03. The molecule has 36 heavy (non-hydrogen) atoms. The monoisotopic (exact) mass is 626 g/mol. The van der Waals surface area contributed by atoms with Crippen molar-refractivity contribution in [2.75, 3.05) is 49.0 Å². The van der Waals surface area contributed by atoms with Gasteiger partial charge in [0.1, 0.15) is 18.0 Å². The molecule has 0 amide bonds. The third-order valence-corrected chi connectivity index (χ3v) is 8.20. The summed E-state index contributed by atoms with van der Waals surface area (Å²) < 4.78 is 41.9. The Morgan fingerprint density at radius 2 is 1.83 bits per heavy atom. The summed E-state index contributed by atoms with van der Waals surface area (Å²) in [5.74, 6) is 0.261. The molecule has 0 unspecified atom stereocenters. The number of aromatic nitrogens is 2. The van der Waals surface area contributed by atoms with Gasteiger partial charge in [-0.2, -0.15) is 0 Å². The van der Waals surface area contributed by atoms with Gasteiger partial charge in [-0.05, 0) is 61.9 Å². The van der Waals surface area contributed by atoms with Gasteiger partial charge in [0.15, 0.2) is 0 Å². The van der Waals surface area contributed by atoms with Crippen LogP contribution < -0.4 is 10.0 Å². The summed E-state index contributed by atoms with van der Waals surface area (Å²) in [4.78, 5) is 13.7. The second-order valence-electron chi connectivity index (χ2n) is 9.56. The first kappa shape index (κ1) is 27.0. The van der Waals surface area contributed by atoms with Crippen LogP contribution in [-0.4, -0.2) is 67.2 Å². The molecule has 2 aromatic carbocycles. The number of sulfonamides is 1. The average Bonchev–Trinajstić information content (AvgIpc) is 2.84. The highest BCUT2D eigenvalue weighted by Gasteiger charge is 2.34. The predicted molar refractivity (Wildman–Crippen MR) is 152 cm³/mol. The van der Waals surface area contributed by atoms with Gasteiger partial charge in [-0.3, -0.25) is 9.62 Å². The van der Waals surface area contributed by atoms with Crippen LogP contribution in [0.1, 0.15) is 31.9 Å². The normalized spacial score (nSPS) is 15.8. The lowest BCUT2D eigenvalue weighted by Gasteiger charge is -2.44. The van der Waals surface area contributed by atoms with E-state index in [0.29, 0.717) is 38.1 Å². The van der Waals surface area contributed by atoms with E-state index in [2.05, 4.69) is 73.2 Å². The molecule has 1 aliphatic rings. The number of nitrogens with one attached hydrogen (secondary N) is 2. The van der Waals surface area contributed by atoms with E-state index in [4.69, 9.17) is 0 Å². The molecular weight excluding hydrogens is 594 g/mol. The molecule has 3 aromatic rings. The van der Waals surface area contributed by atoms with E-state index in [0.717, 1.165) is 44.5 Å². The molecule has 4 rings (SSSR count). The molecule has 1 aromatic heterocycles. The maximum atomic E-state index is 14.0. The van der Waals surface area contributed by atoms with Crippen LogP contribution in [0.15, 0.2) is 36.7 Å². The molecule has 8 nitrogen and oxygen atoms in total. The summed E-state index contributed by atoms with van der Waals surface area (Å²) in [6.45, 7) is 11.1. The summed E-state index contributed by atoms with van der Waals surface area (Å²) in [5, 5.41) is 3.92. The molecule has 0 atom stereocenters. The Morgan fingerprint density at radius 1 is 1.11 bits per heavy atom. The molecule has 2 heterocycles. The van der Waals surface area contributed by atoms with Crippen molar-refractivity contribution in [3.63, 3.8) is 0 Å². The summed E-state index contributed by atoms with van der Waals surface area (Å²) in [6, 6.07) is 8.57. The molecular formula is C25H32FIN6O2S. The van der Waals surface area contributed by atoms with Crippen LogP contribution in [-0.2, 0) is 20.0 Å². The van der Waals surface area contributed by atoms with Crippen molar-refractivity contribution >= 4 is 60.7 Å². The number of likely N-dealkylation sites (N-methyl/N-ethyl adjacent to an activating group) is 1. The van der Waals surface area contributed by atoms with Crippen molar-refractivity contribution in [3.8, 4) is 0 Å². The van der Waals surface area contributed by atoms with Gasteiger partial charge in [0.05, 0.1) is 17.5 Å². The molecule has 0 spiro atoms. The first-order valence-electron chi connectivity index (χ1n) is 11.9. The van der Waals surface area contributed by atoms with Crippen molar-refractivity contribution in [1.29, 1.82) is 0 Å². The number of alkyl halides is 1. The number of hydrogen-bond acceptors (Lipinski definition) is 7. The van der Waals surface area contributed by atoms with Crippen LogP contribution in [0.2, 0.25) is 0 Å². The van der Waals surface area contributed by atoms with Crippen LogP contribution in [0.25, 0.3) is 10.9 Å². The zero-order chi connectivity index (χ0) is 26.1. The van der Waals surface area contributed by atoms with Gasteiger partial charge < -0.3 is 10.2 Å². The van der Waals surface area contributed by atoms with Gasteiger partial charge in [0.2, 0.25) is 10.0 Å². The first-order valence-corrected chi connectivity index (χ1v) is 15.3. The van der Waals surface area contributed by atoms with E-state index in [1.165, 1.54) is 12.4 Å². The maximum Gasteiger partial charge on any atom is 0.229 e. The van der Waals surface area contributed by atoms with Crippen LogP contribution in [0.4, 0.5) is 21.6 Å². The fourth-order valence-corrected chi connectivity index (χ4v) is 5.83. The number of anilines is 3. The van der Waals surface area contributed by atoms with Crippen LogP contribution in [0, 0.1) is 5.82 Å². The molecule has 0 bridgehead atoms. The molecule has 0 aliphatic carbocycles. The number of rotatable bonds is 8. The average molecular weight is 627 g/mol. The summed E-state index contributed by atoms with van der Waals surface area (Å²) >= 11 is 2.12. The van der Waals surface area contributed by atoms with Gasteiger partial charge in [0.25, 0.3) is 0 Å². The van der Waals surface area contributed by atoms with Crippen LogP contribution in [0.3, 0.4) is 0 Å². The van der Waals surface area contributed by atoms with E-state index < -0.39 is 15.6 Å². The topological polar surface area (TPSA) is 90.5 Å². The molecule has 1 fully saturated rings. The molecule has 1 aliphatic heterocycles. The lowest BCUT2D eigenvalue weighted by Crippen LogP contribution is -2.53. The van der Waals surface area contributed by atoms with Gasteiger partial charge in [-0.15, -0.1) is 0 Å². The zero-order valence-electron chi connectivity index (χ0n) is 21.0. The minimum atomic E-state index is -3.54. The third kappa shape index (κ3) is 5.90. The zero-order valence-corrected chi connectivity index (χ0v) is 24.0. The first-order chi connectivity index (χ1) is 17.0. The van der Waals surface area contributed by atoms with Gasteiger partial charge in [-0.1, -0.05) is 29.5 Å². The van der Waals surface area contributed by atoms with E-state index in [1.54, 1.807) is 18.2 Å². The van der Waals surface area contributed by atoms with E-state index in [1.807, 2.05) is 6.07 Å². The lowest BCUT2D eigenvalue weighted by molar-refractivity contribution is 0.0531. The van der Waals surface area contributed by atoms with Crippen molar-refractivity contribution in [3.05, 3.63) is 53.6 Å². The summed E-state index contributed by atoms with van der Waals surface area (Å²) in [7, 11) is -3.54. The SMILES string of the molecule is CCN1CCN(C(C)(C)c2cc3ncnc(Nc4ccc(F)c(CI)c4)c3cc2NS(C)(=O)=O)CC1. The number of hydrogen-bond donors (Lipinski definition) is 2. The molecule has 11 heteroatoms. The molecule has 2 N–H and O–H groups in total. The fraction of sp³-hybridized carbons (Fsp3) is 0.440. The number of nitrogens with zero attached hydrogens (tertiary/aromatic N) is 4. The molecule has 0 saturated carbocycles. The number of halogens is 2. The summed E-state index contributed by atoms with van der Waals surface area (Å²) in [5.41, 5.74) is 2.88. The minimum absolute atomic E-state index is 0.256. The maximum absolute atomic E-state index is 14.0. The standard InChI is InChI=1S/C25H32FIN6O2S/c1-5-32-8-10-33(11-9-32)25(2,3)20-14-22-19(13-23(20)31-36(4,34)35)24(29-16-28-22)30-18-6-7-21(26)17(12-18)15-27/h6-7,12-14,16,31H,5,8-11,15H2,1-4H3,(H,28,29,30). The Morgan fingerprint density at radius 3 is 2.47 bits per heavy atom. The van der Waals surface area contributed by atoms with Gasteiger partial charge >= 0.3 is 0 Å². The minimum Gasteiger partial charge on any atom is -0.340 e. The van der Waals surface area contributed by atoms with Crippen LogP contribution >= 0.6 is 22.6 Å². The highest BCUT2D eigenvalue weighted by molar-refractivity contribution is 14.1. The molecule has 194 valence electrons. The highest BCUT2D eigenvalue weighted by atomic mass is 127. The second kappa shape index (κ2) is 10.7.